The van der Waals surface area contributed by atoms with E-state index < -0.39 is 6.10 Å². The molecule has 0 aliphatic carbocycles. The minimum absolute atomic E-state index is 0.258. The van der Waals surface area contributed by atoms with E-state index in [1.165, 1.54) is 6.34 Å². The predicted molar refractivity (Wildman–Crippen MR) is 52.9 cm³/mol. The zero-order chi connectivity index (χ0) is 10.2. The lowest BCUT2D eigenvalue weighted by molar-refractivity contribution is 0.0505. The summed E-state index contributed by atoms with van der Waals surface area (Å²) in [4.78, 5) is 12.5. The van der Waals surface area contributed by atoms with E-state index in [-0.39, 0.29) is 13.2 Å². The van der Waals surface area contributed by atoms with E-state index in [1.54, 1.807) is 6.21 Å². The van der Waals surface area contributed by atoms with Gasteiger partial charge in [-0.25, -0.2) is 4.99 Å². The molecule has 0 fully saturated rings. The standard InChI is InChI=1S/C8H13N3O3/c12-5-8(13)1-2-14-11-7-3-9-6-10-4-7/h3,6,8,12-13H,1-2,4-5H2/t8-/m0/s1. The van der Waals surface area contributed by atoms with Crippen LogP contribution in [0.5, 0.6) is 0 Å². The van der Waals surface area contributed by atoms with Crippen LogP contribution in [0.1, 0.15) is 6.42 Å². The molecule has 2 N–H and O–H groups in total. The smallest absolute Gasteiger partial charge is 0.119 e. The molecule has 14 heavy (non-hydrogen) atoms. The normalized spacial score (nSPS) is 20.0. The monoisotopic (exact) mass is 199 g/mol. The Bertz CT molecular complexity index is 250. The van der Waals surface area contributed by atoms with Crippen molar-refractivity contribution in [2.24, 2.45) is 15.1 Å². The Morgan fingerprint density at radius 2 is 2.50 bits per heavy atom. The summed E-state index contributed by atoms with van der Waals surface area (Å²) in [5, 5.41) is 21.2. The number of aliphatic hydroxyl groups is 2. The molecule has 1 atom stereocenters. The predicted octanol–water partition coefficient (Wildman–Crippen LogP) is -0.785. The Morgan fingerprint density at radius 3 is 3.14 bits per heavy atom. The maximum Gasteiger partial charge on any atom is 0.119 e. The summed E-state index contributed by atoms with van der Waals surface area (Å²) in [5.41, 5.74) is 0.644. The van der Waals surface area contributed by atoms with Crippen molar-refractivity contribution in [2.75, 3.05) is 19.8 Å². The molecule has 1 heterocycles. The molecule has 0 spiro atoms. The van der Waals surface area contributed by atoms with Crippen molar-refractivity contribution in [2.45, 2.75) is 12.5 Å². The maximum atomic E-state index is 8.97. The second kappa shape index (κ2) is 6.22. The zero-order valence-corrected chi connectivity index (χ0v) is 7.70. The molecule has 1 aliphatic heterocycles. The molecule has 0 aromatic heterocycles. The van der Waals surface area contributed by atoms with Crippen LogP contribution >= 0.6 is 0 Å². The summed E-state index contributed by atoms with van der Waals surface area (Å²) in [5.74, 6) is 0. The van der Waals surface area contributed by atoms with E-state index in [4.69, 9.17) is 15.1 Å². The number of rotatable bonds is 5. The van der Waals surface area contributed by atoms with Gasteiger partial charge in [0.2, 0.25) is 0 Å². The van der Waals surface area contributed by atoms with E-state index >= 15 is 0 Å². The third-order valence-electron chi connectivity index (χ3n) is 1.56. The van der Waals surface area contributed by atoms with Crippen LogP contribution in [0.4, 0.5) is 0 Å². The lowest BCUT2D eigenvalue weighted by Gasteiger charge is -2.05. The molecular formula is C8H13N3O3. The van der Waals surface area contributed by atoms with Gasteiger partial charge >= 0.3 is 0 Å². The molecule has 0 radical (unpaired) electrons. The van der Waals surface area contributed by atoms with Gasteiger partial charge in [-0.05, 0) is 0 Å². The first kappa shape index (κ1) is 10.8. The van der Waals surface area contributed by atoms with Crippen LogP contribution in [0, 0.1) is 0 Å². The molecule has 6 heteroatoms. The van der Waals surface area contributed by atoms with Crippen LogP contribution in [0.25, 0.3) is 0 Å². The van der Waals surface area contributed by atoms with Gasteiger partial charge in [0.15, 0.2) is 0 Å². The van der Waals surface area contributed by atoms with Crippen LogP contribution in [0.15, 0.2) is 15.1 Å². The number of nitrogens with zero attached hydrogens (tertiary/aromatic N) is 3. The highest BCUT2D eigenvalue weighted by Gasteiger charge is 2.02. The van der Waals surface area contributed by atoms with Gasteiger partial charge in [-0.15, -0.1) is 0 Å². The summed E-state index contributed by atoms with van der Waals surface area (Å²) in [6.07, 6.45) is 2.63. The third kappa shape index (κ3) is 4.11. The second-order valence-electron chi connectivity index (χ2n) is 2.78. The Morgan fingerprint density at radius 1 is 1.64 bits per heavy atom. The molecule has 1 aliphatic rings. The fourth-order valence-electron chi connectivity index (χ4n) is 0.803. The molecule has 1 rings (SSSR count). The highest BCUT2D eigenvalue weighted by Crippen LogP contribution is 1.92. The van der Waals surface area contributed by atoms with Crippen molar-refractivity contribution in [3.05, 3.63) is 0 Å². The summed E-state index contributed by atoms with van der Waals surface area (Å²) >= 11 is 0. The Hall–Kier alpha value is -1.27. The SMILES string of the molecule is OC[C@@H](O)CCON=C1C=NC=NC1. The van der Waals surface area contributed by atoms with Crippen molar-refractivity contribution in [1.29, 1.82) is 0 Å². The fraction of sp³-hybridized carbons (Fsp3) is 0.625. The Balaban J connectivity index is 2.14. The molecule has 0 unspecified atom stereocenters. The first-order valence-electron chi connectivity index (χ1n) is 4.32. The average Bonchev–Trinajstić information content (AvgIpc) is 2.25. The summed E-state index contributed by atoms with van der Waals surface area (Å²) in [6.45, 7) is 0.473. The molecular weight excluding hydrogens is 186 g/mol. The molecule has 0 saturated carbocycles. The lowest BCUT2D eigenvalue weighted by atomic mass is 10.3. The van der Waals surface area contributed by atoms with E-state index in [2.05, 4.69) is 15.1 Å². The summed E-state index contributed by atoms with van der Waals surface area (Å²) in [6, 6.07) is 0. The van der Waals surface area contributed by atoms with Gasteiger partial charge in [0.05, 0.1) is 25.5 Å². The average molecular weight is 199 g/mol. The van der Waals surface area contributed by atoms with E-state index in [1.807, 2.05) is 0 Å². The first-order chi connectivity index (χ1) is 6.83. The Kier molecular flexibility index (Phi) is 4.81. The van der Waals surface area contributed by atoms with Gasteiger partial charge in [-0.2, -0.15) is 0 Å². The topological polar surface area (TPSA) is 86.8 Å². The van der Waals surface area contributed by atoms with Crippen molar-refractivity contribution < 1.29 is 15.1 Å². The summed E-state index contributed by atoms with van der Waals surface area (Å²) in [7, 11) is 0. The van der Waals surface area contributed by atoms with E-state index in [0.29, 0.717) is 18.7 Å². The quantitative estimate of drug-likeness (QED) is 0.449. The minimum Gasteiger partial charge on any atom is -0.395 e. The van der Waals surface area contributed by atoms with Gasteiger partial charge in [-0.1, -0.05) is 5.16 Å². The number of hydrogen-bond acceptors (Lipinski definition) is 6. The summed E-state index contributed by atoms with van der Waals surface area (Å²) < 4.78 is 0. The van der Waals surface area contributed by atoms with Crippen LogP contribution in [0.3, 0.4) is 0 Å². The van der Waals surface area contributed by atoms with Crippen molar-refractivity contribution in [3.8, 4) is 0 Å². The molecule has 0 bridgehead atoms. The maximum absolute atomic E-state index is 8.97. The van der Waals surface area contributed by atoms with Crippen molar-refractivity contribution in [3.63, 3.8) is 0 Å². The lowest BCUT2D eigenvalue weighted by Crippen LogP contribution is -2.15. The number of aliphatic hydroxyl groups excluding tert-OH is 2. The molecule has 0 saturated heterocycles. The minimum atomic E-state index is -0.742. The molecule has 0 amide bonds. The number of hydrogen-bond donors (Lipinski definition) is 2. The van der Waals surface area contributed by atoms with Gasteiger partial charge in [-0.3, -0.25) is 4.99 Å². The Labute approximate surface area is 81.6 Å². The molecule has 0 aromatic rings. The molecule has 6 nitrogen and oxygen atoms in total. The first-order valence-corrected chi connectivity index (χ1v) is 4.32. The van der Waals surface area contributed by atoms with Gasteiger partial charge in [0, 0.05) is 6.42 Å². The highest BCUT2D eigenvalue weighted by molar-refractivity contribution is 6.33. The number of aliphatic imine (C=N–C) groups is 2. The molecule has 78 valence electrons. The largest absolute Gasteiger partial charge is 0.395 e. The third-order valence-corrected chi connectivity index (χ3v) is 1.56. The van der Waals surface area contributed by atoms with Crippen molar-refractivity contribution in [1.82, 2.24) is 0 Å². The zero-order valence-electron chi connectivity index (χ0n) is 7.70. The number of oxime groups is 1. The van der Waals surface area contributed by atoms with Crippen LogP contribution in [-0.4, -0.2) is 54.3 Å². The molecule has 0 aromatic carbocycles. The van der Waals surface area contributed by atoms with Gasteiger partial charge in [0.25, 0.3) is 0 Å². The second-order valence-corrected chi connectivity index (χ2v) is 2.78. The van der Waals surface area contributed by atoms with Gasteiger partial charge < -0.3 is 15.1 Å². The van der Waals surface area contributed by atoms with E-state index in [9.17, 15) is 0 Å². The fourth-order valence-corrected chi connectivity index (χ4v) is 0.803. The van der Waals surface area contributed by atoms with E-state index in [0.717, 1.165) is 0 Å². The van der Waals surface area contributed by atoms with Crippen LogP contribution in [-0.2, 0) is 4.84 Å². The van der Waals surface area contributed by atoms with Gasteiger partial charge in [0.1, 0.15) is 18.7 Å². The van der Waals surface area contributed by atoms with Crippen LogP contribution in [0.2, 0.25) is 0 Å². The highest BCUT2D eigenvalue weighted by atomic mass is 16.6. The van der Waals surface area contributed by atoms with Crippen molar-refractivity contribution >= 4 is 18.3 Å². The van der Waals surface area contributed by atoms with Crippen LogP contribution < -0.4 is 0 Å².